The third-order valence-corrected chi connectivity index (χ3v) is 5.49. The van der Waals surface area contributed by atoms with Gasteiger partial charge in [0.05, 0.1) is 5.56 Å². The first-order valence-electron chi connectivity index (χ1n) is 10.6. The molecule has 1 atom stereocenters. The highest BCUT2D eigenvalue weighted by Gasteiger charge is 2.20. The molecule has 0 aromatic heterocycles. The summed E-state index contributed by atoms with van der Waals surface area (Å²) >= 11 is 0. The number of nitrogens with zero attached hydrogens (tertiary/aromatic N) is 1. The zero-order valence-corrected chi connectivity index (χ0v) is 18.4. The van der Waals surface area contributed by atoms with E-state index >= 15 is 0 Å². The number of carbonyl (C=O) groups is 1. The predicted molar refractivity (Wildman–Crippen MR) is 119 cm³/mol. The second-order valence-corrected chi connectivity index (χ2v) is 8.15. The molecule has 0 spiro atoms. The molecule has 2 rings (SSSR count). The van der Waals surface area contributed by atoms with Crippen LogP contribution < -0.4 is 4.74 Å². The lowest BCUT2D eigenvalue weighted by Gasteiger charge is -2.32. The van der Waals surface area contributed by atoms with Gasteiger partial charge in [0.25, 0.3) is 0 Å². The van der Waals surface area contributed by atoms with Gasteiger partial charge in [0, 0.05) is 12.1 Å². The van der Waals surface area contributed by atoms with Crippen molar-refractivity contribution in [3.05, 3.63) is 65.2 Å². The molecule has 0 saturated carbocycles. The van der Waals surface area contributed by atoms with Gasteiger partial charge in [0.2, 0.25) is 0 Å². The molecule has 4 nitrogen and oxygen atoms in total. The molecule has 1 N–H and O–H groups in total. The predicted octanol–water partition coefficient (Wildman–Crippen LogP) is 5.97. The van der Waals surface area contributed by atoms with Crippen molar-refractivity contribution >= 4 is 5.97 Å². The lowest BCUT2D eigenvalue weighted by molar-refractivity contribution is 0.0696. The van der Waals surface area contributed by atoms with E-state index in [1.807, 2.05) is 36.4 Å². The lowest BCUT2D eigenvalue weighted by Crippen LogP contribution is -2.38. The van der Waals surface area contributed by atoms with Crippen LogP contribution in [0.15, 0.2) is 48.5 Å². The number of hydrogen-bond donors (Lipinski definition) is 1. The van der Waals surface area contributed by atoms with Crippen LogP contribution in [0.25, 0.3) is 0 Å². The summed E-state index contributed by atoms with van der Waals surface area (Å²) in [5.74, 6) is 0.133. The molecule has 0 aliphatic rings. The lowest BCUT2D eigenvalue weighted by atomic mass is 9.90. The second-order valence-electron chi connectivity index (χ2n) is 8.15. The van der Waals surface area contributed by atoms with Gasteiger partial charge in [0.15, 0.2) is 0 Å². The highest BCUT2D eigenvalue weighted by atomic mass is 16.5. The van der Waals surface area contributed by atoms with Crippen LogP contribution in [0.2, 0.25) is 0 Å². The highest BCUT2D eigenvalue weighted by molar-refractivity contribution is 5.88. The Balaban J connectivity index is 2.25. The van der Waals surface area contributed by atoms with E-state index in [0.717, 1.165) is 36.3 Å². The monoisotopic (exact) mass is 397 g/mol. The number of rotatable bonds is 11. The van der Waals surface area contributed by atoms with Crippen LogP contribution in [0.1, 0.15) is 74.9 Å². The third kappa shape index (κ3) is 6.60. The van der Waals surface area contributed by atoms with Crippen LogP contribution >= 0.6 is 0 Å². The second kappa shape index (κ2) is 11.0. The molecule has 2 aromatic rings. The number of ether oxygens (including phenoxy) is 1. The smallest absolute Gasteiger partial charge is 0.335 e. The molecule has 0 fully saturated rings. The third-order valence-electron chi connectivity index (χ3n) is 5.49. The summed E-state index contributed by atoms with van der Waals surface area (Å²) in [4.78, 5) is 14.0. The van der Waals surface area contributed by atoms with E-state index in [4.69, 9.17) is 4.74 Å². The summed E-state index contributed by atoms with van der Waals surface area (Å²) in [6, 6.07) is 16.2. The summed E-state index contributed by atoms with van der Waals surface area (Å²) in [7, 11) is 0. The van der Waals surface area contributed by atoms with Crippen LogP contribution in [-0.2, 0) is 6.61 Å². The van der Waals surface area contributed by atoms with Gasteiger partial charge in [-0.1, -0.05) is 37.3 Å². The number of aromatic carboxylic acids is 1. The minimum absolute atomic E-state index is 0.250. The Bertz CT molecular complexity index is 763. The average molecular weight is 398 g/mol. The fourth-order valence-corrected chi connectivity index (χ4v) is 3.86. The van der Waals surface area contributed by atoms with Crippen molar-refractivity contribution in [3.8, 4) is 5.75 Å². The first kappa shape index (κ1) is 23.0. The number of carboxylic acids is 1. The van der Waals surface area contributed by atoms with Crippen molar-refractivity contribution in [2.24, 2.45) is 0 Å². The van der Waals surface area contributed by atoms with Crippen LogP contribution in [0.4, 0.5) is 0 Å². The fraction of sp³-hybridized carbons (Fsp3) is 0.480. The van der Waals surface area contributed by atoms with Crippen molar-refractivity contribution in [3.63, 3.8) is 0 Å². The Morgan fingerprint density at radius 3 is 2.24 bits per heavy atom. The van der Waals surface area contributed by atoms with E-state index in [9.17, 15) is 9.90 Å². The Hall–Kier alpha value is -2.33. The molecule has 29 heavy (non-hydrogen) atoms. The highest BCUT2D eigenvalue weighted by Crippen LogP contribution is 2.33. The van der Waals surface area contributed by atoms with E-state index in [1.165, 1.54) is 0 Å². The van der Waals surface area contributed by atoms with Gasteiger partial charge in [0.1, 0.15) is 12.4 Å². The minimum Gasteiger partial charge on any atom is -0.489 e. The maximum Gasteiger partial charge on any atom is 0.335 e. The van der Waals surface area contributed by atoms with Crippen molar-refractivity contribution < 1.29 is 14.6 Å². The standard InChI is InChI=1S/C25H35NO3/c1-6-21(14-15-26(18(2)3)19(4)5)23-16-22(25(27)28)12-13-24(23)29-17-20-10-8-7-9-11-20/h7-13,16,18-19,21H,6,14-15,17H2,1-5H3,(H,27,28). The SMILES string of the molecule is CCC(CCN(C(C)C)C(C)C)c1cc(C(=O)O)ccc1OCc1ccccc1. The van der Waals surface area contributed by atoms with Gasteiger partial charge < -0.3 is 9.84 Å². The molecule has 2 aromatic carbocycles. The zero-order valence-electron chi connectivity index (χ0n) is 18.4. The van der Waals surface area contributed by atoms with Crippen molar-refractivity contribution in [2.45, 2.75) is 72.1 Å². The van der Waals surface area contributed by atoms with E-state index in [2.05, 4.69) is 39.5 Å². The van der Waals surface area contributed by atoms with Gasteiger partial charge in [-0.05, 0) is 82.3 Å². The normalized spacial score (nSPS) is 12.6. The Morgan fingerprint density at radius 2 is 1.69 bits per heavy atom. The largest absolute Gasteiger partial charge is 0.489 e. The molecule has 0 bridgehead atoms. The maximum absolute atomic E-state index is 11.6. The van der Waals surface area contributed by atoms with Gasteiger partial charge >= 0.3 is 5.97 Å². The first-order chi connectivity index (χ1) is 13.8. The van der Waals surface area contributed by atoms with Gasteiger partial charge in [-0.25, -0.2) is 4.79 Å². The van der Waals surface area contributed by atoms with Crippen molar-refractivity contribution in [1.82, 2.24) is 4.90 Å². The van der Waals surface area contributed by atoms with Crippen LogP contribution in [-0.4, -0.2) is 34.6 Å². The topological polar surface area (TPSA) is 49.8 Å². The molecule has 0 heterocycles. The minimum atomic E-state index is -0.901. The molecule has 4 heteroatoms. The van der Waals surface area contributed by atoms with E-state index in [1.54, 1.807) is 12.1 Å². The molecular formula is C25H35NO3. The molecule has 0 aliphatic carbocycles. The number of hydrogen-bond acceptors (Lipinski definition) is 3. The van der Waals surface area contributed by atoms with Gasteiger partial charge in [-0.3, -0.25) is 4.90 Å². The first-order valence-corrected chi connectivity index (χ1v) is 10.6. The van der Waals surface area contributed by atoms with E-state index < -0.39 is 5.97 Å². The summed E-state index contributed by atoms with van der Waals surface area (Å²) in [5, 5.41) is 9.48. The Kier molecular flexibility index (Phi) is 8.71. The Morgan fingerprint density at radius 1 is 1.03 bits per heavy atom. The fourth-order valence-electron chi connectivity index (χ4n) is 3.86. The maximum atomic E-state index is 11.6. The quantitative estimate of drug-likeness (QED) is 0.508. The summed E-state index contributed by atoms with van der Waals surface area (Å²) < 4.78 is 6.14. The molecule has 0 saturated heterocycles. The molecule has 1 unspecified atom stereocenters. The average Bonchev–Trinajstić information content (AvgIpc) is 2.70. The van der Waals surface area contributed by atoms with E-state index in [-0.39, 0.29) is 5.92 Å². The zero-order chi connectivity index (χ0) is 21.4. The molecular weight excluding hydrogens is 362 g/mol. The summed E-state index contributed by atoms with van der Waals surface area (Å²) in [6.07, 6.45) is 1.91. The molecule has 0 aliphatic heterocycles. The Labute approximate surface area is 175 Å². The van der Waals surface area contributed by atoms with Crippen molar-refractivity contribution in [1.29, 1.82) is 0 Å². The molecule has 0 radical (unpaired) electrons. The van der Waals surface area contributed by atoms with E-state index in [0.29, 0.717) is 24.3 Å². The van der Waals surface area contributed by atoms with Crippen molar-refractivity contribution in [2.75, 3.05) is 6.54 Å². The van der Waals surface area contributed by atoms with Gasteiger partial charge in [-0.15, -0.1) is 0 Å². The van der Waals surface area contributed by atoms with Crippen LogP contribution in [0.5, 0.6) is 5.75 Å². The summed E-state index contributed by atoms with van der Waals surface area (Å²) in [5.41, 5.74) is 2.41. The van der Waals surface area contributed by atoms with Gasteiger partial charge in [-0.2, -0.15) is 0 Å². The summed E-state index contributed by atoms with van der Waals surface area (Å²) in [6.45, 7) is 12.5. The molecule has 158 valence electrons. The number of benzene rings is 2. The van der Waals surface area contributed by atoms with Crippen LogP contribution in [0, 0.1) is 0 Å². The number of carboxylic acid groups (broad SMARTS) is 1. The van der Waals surface area contributed by atoms with Crippen LogP contribution in [0.3, 0.4) is 0 Å². The molecule has 0 amide bonds.